The summed E-state index contributed by atoms with van der Waals surface area (Å²) in [4.78, 5) is 7.87. The highest BCUT2D eigenvalue weighted by Crippen LogP contribution is 2.25. The van der Waals surface area contributed by atoms with Crippen molar-refractivity contribution in [2.24, 2.45) is 0 Å². The number of hydrogen-bond donors (Lipinski definition) is 3. The van der Waals surface area contributed by atoms with Crippen LogP contribution in [0.2, 0.25) is 0 Å². The molecule has 90 valence electrons. The third kappa shape index (κ3) is 2.93. The van der Waals surface area contributed by atoms with Crippen LogP contribution in [-0.4, -0.2) is 21.6 Å². The zero-order chi connectivity index (χ0) is 12.3. The molecular formula is C10H11BrN4OS. The van der Waals surface area contributed by atoms with E-state index in [2.05, 4.69) is 31.2 Å². The first-order valence-electron chi connectivity index (χ1n) is 4.88. The van der Waals surface area contributed by atoms with E-state index in [0.29, 0.717) is 22.7 Å². The number of nitrogens with one attached hydrogen (secondary N) is 1. The van der Waals surface area contributed by atoms with Crippen LogP contribution in [0.15, 0.2) is 27.6 Å². The molecule has 17 heavy (non-hydrogen) atoms. The SMILES string of the molecule is Nc1ncnc(NCC(O)c2ccsc2)c1Br. The highest BCUT2D eigenvalue weighted by Gasteiger charge is 2.10. The minimum absolute atomic E-state index is 0.367. The number of aliphatic hydroxyl groups excluding tert-OH is 1. The van der Waals surface area contributed by atoms with Gasteiger partial charge in [0.25, 0.3) is 0 Å². The lowest BCUT2D eigenvalue weighted by Gasteiger charge is -2.12. The fourth-order valence-electron chi connectivity index (χ4n) is 1.28. The zero-order valence-corrected chi connectivity index (χ0v) is 11.2. The number of anilines is 2. The lowest BCUT2D eigenvalue weighted by molar-refractivity contribution is 0.192. The van der Waals surface area contributed by atoms with Gasteiger partial charge < -0.3 is 16.2 Å². The Labute approximate surface area is 111 Å². The summed E-state index contributed by atoms with van der Waals surface area (Å²) in [5, 5.41) is 16.7. The predicted molar refractivity (Wildman–Crippen MR) is 71.9 cm³/mol. The Hall–Kier alpha value is -1.18. The molecule has 2 aromatic rings. The highest BCUT2D eigenvalue weighted by atomic mass is 79.9. The smallest absolute Gasteiger partial charge is 0.146 e. The molecule has 0 aromatic carbocycles. The van der Waals surface area contributed by atoms with E-state index in [9.17, 15) is 5.11 Å². The third-order valence-corrected chi connectivity index (χ3v) is 3.69. The topological polar surface area (TPSA) is 84.1 Å². The first-order valence-corrected chi connectivity index (χ1v) is 6.62. The molecule has 0 saturated heterocycles. The highest BCUT2D eigenvalue weighted by molar-refractivity contribution is 9.10. The van der Waals surface area contributed by atoms with E-state index in [1.54, 1.807) is 11.3 Å². The minimum Gasteiger partial charge on any atom is -0.387 e. The van der Waals surface area contributed by atoms with Gasteiger partial charge in [0.05, 0.1) is 6.10 Å². The number of nitrogens with zero attached hydrogens (tertiary/aromatic N) is 2. The van der Waals surface area contributed by atoms with Gasteiger partial charge in [-0.05, 0) is 38.3 Å². The van der Waals surface area contributed by atoms with Crippen molar-refractivity contribution in [1.29, 1.82) is 0 Å². The van der Waals surface area contributed by atoms with Gasteiger partial charge in [-0.25, -0.2) is 9.97 Å². The Kier molecular flexibility index (Phi) is 3.93. The Balaban J connectivity index is 2.00. The van der Waals surface area contributed by atoms with Gasteiger partial charge in [-0.3, -0.25) is 0 Å². The van der Waals surface area contributed by atoms with Gasteiger partial charge >= 0.3 is 0 Å². The van der Waals surface area contributed by atoms with E-state index in [1.807, 2.05) is 16.8 Å². The van der Waals surface area contributed by atoms with Gasteiger partial charge in [0.1, 0.15) is 22.4 Å². The number of nitrogen functional groups attached to an aromatic ring is 1. The molecule has 4 N–H and O–H groups in total. The number of aromatic nitrogens is 2. The molecule has 2 rings (SSSR count). The molecule has 0 saturated carbocycles. The number of rotatable bonds is 4. The molecule has 0 aliphatic carbocycles. The number of aliphatic hydroxyl groups is 1. The first-order chi connectivity index (χ1) is 8.18. The minimum atomic E-state index is -0.565. The second kappa shape index (κ2) is 5.44. The molecule has 0 amide bonds. The maximum absolute atomic E-state index is 9.89. The number of hydrogen-bond acceptors (Lipinski definition) is 6. The van der Waals surface area contributed by atoms with Crippen molar-refractivity contribution >= 4 is 38.9 Å². The fourth-order valence-corrected chi connectivity index (χ4v) is 2.33. The van der Waals surface area contributed by atoms with Gasteiger partial charge in [-0.15, -0.1) is 0 Å². The summed E-state index contributed by atoms with van der Waals surface area (Å²) in [5.41, 5.74) is 6.51. The second-order valence-electron chi connectivity index (χ2n) is 3.37. The van der Waals surface area contributed by atoms with E-state index >= 15 is 0 Å². The molecular weight excluding hydrogens is 304 g/mol. The van der Waals surface area contributed by atoms with E-state index in [4.69, 9.17) is 5.73 Å². The van der Waals surface area contributed by atoms with Crippen molar-refractivity contribution in [3.63, 3.8) is 0 Å². The Morgan fingerprint density at radius 3 is 3.06 bits per heavy atom. The normalized spacial score (nSPS) is 12.4. The maximum atomic E-state index is 9.89. The third-order valence-electron chi connectivity index (χ3n) is 2.21. The number of nitrogens with two attached hydrogens (primary N) is 1. The Morgan fingerprint density at radius 2 is 2.35 bits per heavy atom. The molecule has 2 aromatic heterocycles. The lowest BCUT2D eigenvalue weighted by atomic mass is 10.2. The van der Waals surface area contributed by atoms with E-state index in [1.165, 1.54) is 6.33 Å². The van der Waals surface area contributed by atoms with Crippen molar-refractivity contribution in [2.75, 3.05) is 17.6 Å². The Morgan fingerprint density at radius 1 is 1.53 bits per heavy atom. The predicted octanol–water partition coefficient (Wildman–Crippen LogP) is 2.03. The summed E-state index contributed by atoms with van der Waals surface area (Å²) in [5.74, 6) is 0.944. The quantitative estimate of drug-likeness (QED) is 0.804. The average Bonchev–Trinajstić information content (AvgIpc) is 2.84. The zero-order valence-electron chi connectivity index (χ0n) is 8.80. The van der Waals surface area contributed by atoms with Crippen molar-refractivity contribution in [3.05, 3.63) is 33.2 Å². The van der Waals surface area contributed by atoms with Crippen molar-refractivity contribution in [3.8, 4) is 0 Å². The molecule has 0 bridgehead atoms. The van der Waals surface area contributed by atoms with E-state index in [-0.39, 0.29) is 0 Å². The van der Waals surface area contributed by atoms with Crippen LogP contribution < -0.4 is 11.1 Å². The van der Waals surface area contributed by atoms with E-state index in [0.717, 1.165) is 5.56 Å². The molecule has 0 spiro atoms. The molecule has 0 radical (unpaired) electrons. The monoisotopic (exact) mass is 314 g/mol. The largest absolute Gasteiger partial charge is 0.387 e. The molecule has 0 aliphatic rings. The van der Waals surface area contributed by atoms with Crippen LogP contribution in [0.25, 0.3) is 0 Å². The van der Waals surface area contributed by atoms with Crippen LogP contribution >= 0.6 is 27.3 Å². The first kappa shape index (κ1) is 12.3. The van der Waals surface area contributed by atoms with Gasteiger partial charge in [0, 0.05) is 6.54 Å². The molecule has 0 aliphatic heterocycles. The average molecular weight is 315 g/mol. The summed E-state index contributed by atoms with van der Waals surface area (Å²) >= 11 is 4.84. The standard InChI is InChI=1S/C10H11BrN4OS/c11-8-9(12)14-5-15-10(8)13-3-7(16)6-1-2-17-4-6/h1-2,4-5,7,16H,3H2,(H3,12,13,14,15). The molecule has 1 unspecified atom stereocenters. The molecule has 5 nitrogen and oxygen atoms in total. The van der Waals surface area contributed by atoms with Gasteiger partial charge in [0.2, 0.25) is 0 Å². The lowest BCUT2D eigenvalue weighted by Crippen LogP contribution is -2.13. The fraction of sp³-hybridized carbons (Fsp3) is 0.200. The maximum Gasteiger partial charge on any atom is 0.146 e. The van der Waals surface area contributed by atoms with E-state index < -0.39 is 6.10 Å². The molecule has 2 heterocycles. The van der Waals surface area contributed by atoms with Crippen LogP contribution in [0.3, 0.4) is 0 Å². The molecule has 7 heteroatoms. The Bertz CT molecular complexity index is 491. The summed E-state index contributed by atoms with van der Waals surface area (Å²) in [7, 11) is 0. The molecule has 1 atom stereocenters. The second-order valence-corrected chi connectivity index (χ2v) is 4.95. The number of halogens is 1. The van der Waals surface area contributed by atoms with Gasteiger partial charge in [-0.2, -0.15) is 11.3 Å². The summed E-state index contributed by atoms with van der Waals surface area (Å²) in [6, 6.07) is 1.89. The van der Waals surface area contributed by atoms with Gasteiger partial charge in [-0.1, -0.05) is 0 Å². The van der Waals surface area contributed by atoms with Crippen LogP contribution in [0.1, 0.15) is 11.7 Å². The van der Waals surface area contributed by atoms with Crippen LogP contribution in [-0.2, 0) is 0 Å². The van der Waals surface area contributed by atoms with Crippen molar-refractivity contribution < 1.29 is 5.11 Å². The van der Waals surface area contributed by atoms with Crippen molar-refractivity contribution in [2.45, 2.75) is 6.10 Å². The van der Waals surface area contributed by atoms with Gasteiger partial charge in [0.15, 0.2) is 0 Å². The van der Waals surface area contributed by atoms with Crippen LogP contribution in [0.5, 0.6) is 0 Å². The summed E-state index contributed by atoms with van der Waals surface area (Å²) in [6.45, 7) is 0.367. The molecule has 0 fully saturated rings. The summed E-state index contributed by atoms with van der Waals surface area (Å²) < 4.78 is 0.609. The number of thiophene rings is 1. The van der Waals surface area contributed by atoms with Crippen molar-refractivity contribution in [1.82, 2.24) is 9.97 Å². The van der Waals surface area contributed by atoms with Crippen LogP contribution in [0, 0.1) is 0 Å². The van der Waals surface area contributed by atoms with Crippen LogP contribution in [0.4, 0.5) is 11.6 Å². The summed E-state index contributed by atoms with van der Waals surface area (Å²) in [6.07, 6.45) is 0.809.